The van der Waals surface area contributed by atoms with Crippen molar-refractivity contribution in [1.82, 2.24) is 0 Å². The second-order valence-electron chi connectivity index (χ2n) is 4.96. The van der Waals surface area contributed by atoms with Gasteiger partial charge < -0.3 is 9.47 Å². The molecule has 2 aromatic rings. The van der Waals surface area contributed by atoms with Crippen molar-refractivity contribution in [2.45, 2.75) is 12.8 Å². The lowest BCUT2D eigenvalue weighted by Crippen LogP contribution is -2.23. The molecule has 0 saturated carbocycles. The van der Waals surface area contributed by atoms with Gasteiger partial charge in [0, 0.05) is 5.56 Å². The number of Topliss-reactive ketones (excluding diaryl/α,β-unsaturated/α-hetero) is 1. The molecule has 0 saturated heterocycles. The number of esters is 1. The topological polar surface area (TPSA) is 52.6 Å². The Labute approximate surface area is 129 Å². The summed E-state index contributed by atoms with van der Waals surface area (Å²) >= 11 is 0. The minimum absolute atomic E-state index is 0.281. The fourth-order valence-corrected chi connectivity index (χ4v) is 2.19. The minimum Gasteiger partial charge on any atom is -0.497 e. The largest absolute Gasteiger partial charge is 0.497 e. The fourth-order valence-electron chi connectivity index (χ4n) is 2.19. The molecule has 0 spiro atoms. The van der Waals surface area contributed by atoms with Crippen molar-refractivity contribution in [2.24, 2.45) is 0 Å². The van der Waals surface area contributed by atoms with Crippen LogP contribution in [0.4, 0.5) is 0 Å². The van der Waals surface area contributed by atoms with Crippen LogP contribution in [0.15, 0.2) is 48.5 Å². The number of hydrogen-bond donors (Lipinski definition) is 0. The van der Waals surface area contributed by atoms with Crippen LogP contribution in [-0.4, -0.2) is 26.0 Å². The molecule has 1 atom stereocenters. The van der Waals surface area contributed by atoms with E-state index in [4.69, 9.17) is 9.47 Å². The van der Waals surface area contributed by atoms with Crippen molar-refractivity contribution in [2.75, 3.05) is 14.2 Å². The molecule has 0 aliphatic carbocycles. The van der Waals surface area contributed by atoms with Crippen molar-refractivity contribution in [3.05, 3.63) is 65.2 Å². The normalized spacial score (nSPS) is 11.6. The van der Waals surface area contributed by atoms with E-state index in [-0.39, 0.29) is 5.78 Å². The standard InChI is InChI=1S/C18H18O4/c1-12-4-6-14(7-5-12)17(19)16(18(20)22-3)13-8-10-15(21-2)11-9-13/h4-11,16H,1-3H3. The summed E-state index contributed by atoms with van der Waals surface area (Å²) in [4.78, 5) is 24.8. The number of ether oxygens (including phenoxy) is 2. The van der Waals surface area contributed by atoms with Gasteiger partial charge in [0.1, 0.15) is 11.7 Å². The summed E-state index contributed by atoms with van der Waals surface area (Å²) in [7, 11) is 2.84. The molecule has 0 bridgehead atoms. The van der Waals surface area contributed by atoms with Gasteiger partial charge in [0.25, 0.3) is 0 Å². The van der Waals surface area contributed by atoms with E-state index in [1.165, 1.54) is 7.11 Å². The highest BCUT2D eigenvalue weighted by Gasteiger charge is 2.30. The minimum atomic E-state index is -0.974. The molecule has 0 radical (unpaired) electrons. The fraction of sp³-hybridized carbons (Fsp3) is 0.222. The summed E-state index contributed by atoms with van der Waals surface area (Å²) < 4.78 is 9.89. The van der Waals surface area contributed by atoms with Crippen LogP contribution in [0.1, 0.15) is 27.4 Å². The monoisotopic (exact) mass is 298 g/mol. The average Bonchev–Trinajstić information content (AvgIpc) is 2.56. The highest BCUT2D eigenvalue weighted by molar-refractivity contribution is 6.12. The molecular weight excluding hydrogens is 280 g/mol. The zero-order valence-electron chi connectivity index (χ0n) is 12.8. The van der Waals surface area contributed by atoms with Crippen LogP contribution in [-0.2, 0) is 9.53 Å². The lowest BCUT2D eigenvalue weighted by atomic mass is 9.90. The first kappa shape index (κ1) is 15.8. The Morgan fingerprint density at radius 1 is 0.909 bits per heavy atom. The summed E-state index contributed by atoms with van der Waals surface area (Å²) in [6.45, 7) is 1.94. The van der Waals surface area contributed by atoms with Gasteiger partial charge >= 0.3 is 5.97 Å². The maximum Gasteiger partial charge on any atom is 0.321 e. The van der Waals surface area contributed by atoms with Crippen molar-refractivity contribution in [3.63, 3.8) is 0 Å². The number of benzene rings is 2. The molecule has 22 heavy (non-hydrogen) atoms. The number of aryl methyl sites for hydroxylation is 1. The highest BCUT2D eigenvalue weighted by atomic mass is 16.5. The number of rotatable bonds is 5. The Kier molecular flexibility index (Phi) is 4.94. The zero-order chi connectivity index (χ0) is 16.1. The number of carbonyl (C=O) groups is 2. The molecule has 0 aliphatic rings. The lowest BCUT2D eigenvalue weighted by molar-refractivity contribution is -0.141. The van der Waals surface area contributed by atoms with Crippen LogP contribution in [0.25, 0.3) is 0 Å². The van der Waals surface area contributed by atoms with Gasteiger partial charge in [-0.15, -0.1) is 0 Å². The van der Waals surface area contributed by atoms with E-state index in [9.17, 15) is 9.59 Å². The SMILES string of the molecule is COC(=O)C(C(=O)c1ccc(C)cc1)c1ccc(OC)cc1. The molecule has 0 fully saturated rings. The van der Waals surface area contributed by atoms with Crippen molar-refractivity contribution < 1.29 is 19.1 Å². The summed E-state index contributed by atoms with van der Waals surface area (Å²) in [5, 5.41) is 0. The van der Waals surface area contributed by atoms with E-state index in [1.807, 2.05) is 19.1 Å². The van der Waals surface area contributed by atoms with Crippen LogP contribution in [0.3, 0.4) is 0 Å². The molecule has 114 valence electrons. The van der Waals surface area contributed by atoms with Gasteiger partial charge in [0.05, 0.1) is 14.2 Å². The summed E-state index contributed by atoms with van der Waals surface area (Å²) in [5.41, 5.74) is 2.12. The summed E-state index contributed by atoms with van der Waals surface area (Å²) in [5.74, 6) is -1.17. The second-order valence-corrected chi connectivity index (χ2v) is 4.96. The summed E-state index contributed by atoms with van der Waals surface area (Å²) in [6.07, 6.45) is 0. The first-order valence-corrected chi connectivity index (χ1v) is 6.89. The van der Waals surface area contributed by atoms with Crippen LogP contribution < -0.4 is 4.74 Å². The van der Waals surface area contributed by atoms with Gasteiger partial charge in [-0.05, 0) is 24.6 Å². The predicted molar refractivity (Wildman–Crippen MR) is 83.3 cm³/mol. The molecule has 0 heterocycles. The molecule has 0 aromatic heterocycles. The van der Waals surface area contributed by atoms with Crippen molar-refractivity contribution in [1.29, 1.82) is 0 Å². The number of methoxy groups -OCH3 is 2. The third-order valence-electron chi connectivity index (χ3n) is 3.48. The Balaban J connectivity index is 2.38. The number of hydrogen-bond acceptors (Lipinski definition) is 4. The number of ketones is 1. The number of carbonyl (C=O) groups excluding carboxylic acids is 2. The molecular formula is C18H18O4. The van der Waals surface area contributed by atoms with E-state index in [0.29, 0.717) is 16.9 Å². The quantitative estimate of drug-likeness (QED) is 0.483. The van der Waals surface area contributed by atoms with Gasteiger partial charge in [-0.1, -0.05) is 42.0 Å². The average molecular weight is 298 g/mol. The first-order chi connectivity index (χ1) is 10.6. The van der Waals surface area contributed by atoms with Crippen LogP contribution in [0, 0.1) is 6.92 Å². The third-order valence-corrected chi connectivity index (χ3v) is 3.48. The third kappa shape index (κ3) is 3.34. The molecule has 1 unspecified atom stereocenters. The highest BCUT2D eigenvalue weighted by Crippen LogP contribution is 2.25. The van der Waals surface area contributed by atoms with E-state index in [1.54, 1.807) is 43.5 Å². The van der Waals surface area contributed by atoms with Gasteiger partial charge in [-0.2, -0.15) is 0 Å². The van der Waals surface area contributed by atoms with Gasteiger partial charge in [0.15, 0.2) is 5.78 Å². The van der Waals surface area contributed by atoms with Crippen molar-refractivity contribution >= 4 is 11.8 Å². The Bertz CT molecular complexity index is 656. The Hall–Kier alpha value is -2.62. The molecule has 2 rings (SSSR count). The maximum absolute atomic E-state index is 12.7. The van der Waals surface area contributed by atoms with E-state index in [2.05, 4.69) is 0 Å². The van der Waals surface area contributed by atoms with E-state index >= 15 is 0 Å². The van der Waals surface area contributed by atoms with Crippen LogP contribution in [0.5, 0.6) is 5.75 Å². The van der Waals surface area contributed by atoms with Gasteiger partial charge in [-0.3, -0.25) is 9.59 Å². The van der Waals surface area contributed by atoms with E-state index < -0.39 is 11.9 Å². The Morgan fingerprint density at radius 2 is 1.50 bits per heavy atom. The molecule has 0 aliphatic heterocycles. The van der Waals surface area contributed by atoms with Crippen LogP contribution >= 0.6 is 0 Å². The van der Waals surface area contributed by atoms with Crippen LogP contribution in [0.2, 0.25) is 0 Å². The van der Waals surface area contributed by atoms with E-state index in [0.717, 1.165) is 5.56 Å². The molecule has 0 N–H and O–H groups in total. The molecule has 4 heteroatoms. The molecule has 0 amide bonds. The summed E-state index contributed by atoms with van der Waals surface area (Å²) in [6, 6.07) is 14.0. The Morgan fingerprint density at radius 3 is 2.00 bits per heavy atom. The first-order valence-electron chi connectivity index (χ1n) is 6.89. The molecule has 4 nitrogen and oxygen atoms in total. The van der Waals surface area contributed by atoms with Gasteiger partial charge in [0.2, 0.25) is 0 Å². The van der Waals surface area contributed by atoms with Crippen molar-refractivity contribution in [3.8, 4) is 5.75 Å². The predicted octanol–water partition coefficient (Wildman–Crippen LogP) is 3.14. The second kappa shape index (κ2) is 6.89. The van der Waals surface area contributed by atoms with Gasteiger partial charge in [-0.25, -0.2) is 0 Å². The smallest absolute Gasteiger partial charge is 0.321 e. The lowest BCUT2D eigenvalue weighted by Gasteiger charge is -2.14. The zero-order valence-corrected chi connectivity index (χ0v) is 12.8. The maximum atomic E-state index is 12.7. The molecule has 2 aromatic carbocycles.